The number of hydrogen-bond acceptors (Lipinski definition) is 6. The normalized spacial score (nSPS) is 10.7. The molecule has 1 heterocycles. The second-order valence-corrected chi connectivity index (χ2v) is 8.15. The number of hydrogen-bond donors (Lipinski definition) is 0. The fraction of sp³-hybridized carbons (Fsp3) is 0.333. The molecular formula is C21H25Cl2N3O3S. The van der Waals surface area contributed by atoms with Crippen LogP contribution in [-0.2, 0) is 11.2 Å². The predicted molar refractivity (Wildman–Crippen MR) is 126 cm³/mol. The van der Waals surface area contributed by atoms with E-state index in [-0.39, 0.29) is 24.7 Å². The average Bonchev–Trinajstić information content (AvgIpc) is 3.14. The summed E-state index contributed by atoms with van der Waals surface area (Å²) in [5.41, 5.74) is 1.48. The Balaban J connectivity index is 0.00000320. The molecule has 0 aliphatic rings. The number of halogens is 2. The van der Waals surface area contributed by atoms with E-state index in [2.05, 4.69) is 0 Å². The van der Waals surface area contributed by atoms with Gasteiger partial charge < -0.3 is 14.4 Å². The Hall–Kier alpha value is -2.06. The van der Waals surface area contributed by atoms with E-state index >= 15 is 0 Å². The number of amides is 1. The van der Waals surface area contributed by atoms with Crippen molar-refractivity contribution in [3.8, 4) is 11.5 Å². The molecule has 162 valence electrons. The van der Waals surface area contributed by atoms with Crippen molar-refractivity contribution >= 4 is 56.6 Å². The third-order valence-electron chi connectivity index (χ3n) is 4.50. The molecule has 3 rings (SSSR count). The van der Waals surface area contributed by atoms with E-state index in [1.807, 2.05) is 49.3 Å². The average molecular weight is 470 g/mol. The van der Waals surface area contributed by atoms with Crippen molar-refractivity contribution in [3.05, 3.63) is 47.0 Å². The Morgan fingerprint density at radius 3 is 2.37 bits per heavy atom. The van der Waals surface area contributed by atoms with Crippen LogP contribution < -0.4 is 14.4 Å². The summed E-state index contributed by atoms with van der Waals surface area (Å²) in [6, 6.07) is 11.1. The van der Waals surface area contributed by atoms with Crippen LogP contribution in [0.4, 0.5) is 5.13 Å². The van der Waals surface area contributed by atoms with Crippen LogP contribution in [0.2, 0.25) is 5.02 Å². The summed E-state index contributed by atoms with van der Waals surface area (Å²) in [5, 5.41) is 1.20. The van der Waals surface area contributed by atoms with Crippen molar-refractivity contribution in [1.82, 2.24) is 9.88 Å². The van der Waals surface area contributed by atoms with Crippen LogP contribution in [0.5, 0.6) is 11.5 Å². The van der Waals surface area contributed by atoms with Crippen LogP contribution in [-0.4, -0.2) is 57.2 Å². The molecule has 0 radical (unpaired) electrons. The van der Waals surface area contributed by atoms with Gasteiger partial charge in [0.25, 0.3) is 0 Å². The summed E-state index contributed by atoms with van der Waals surface area (Å²) in [6.45, 7) is 1.22. The van der Waals surface area contributed by atoms with Crippen LogP contribution in [0, 0.1) is 0 Å². The van der Waals surface area contributed by atoms with Gasteiger partial charge in [-0.3, -0.25) is 9.69 Å². The molecule has 2 aromatic carbocycles. The quantitative estimate of drug-likeness (QED) is 0.485. The highest BCUT2D eigenvalue weighted by atomic mass is 35.5. The Morgan fingerprint density at radius 1 is 1.07 bits per heavy atom. The van der Waals surface area contributed by atoms with Gasteiger partial charge in [-0.05, 0) is 37.9 Å². The number of benzene rings is 2. The fourth-order valence-electron chi connectivity index (χ4n) is 2.92. The van der Waals surface area contributed by atoms with Gasteiger partial charge in [0.05, 0.1) is 20.6 Å². The maximum absolute atomic E-state index is 13.2. The van der Waals surface area contributed by atoms with Crippen LogP contribution in [0.15, 0.2) is 36.4 Å². The molecule has 3 aromatic rings. The fourth-order valence-corrected chi connectivity index (χ4v) is 4.24. The van der Waals surface area contributed by atoms with Crippen molar-refractivity contribution in [2.45, 2.75) is 6.42 Å². The topological polar surface area (TPSA) is 54.9 Å². The summed E-state index contributed by atoms with van der Waals surface area (Å²) in [4.78, 5) is 21.7. The largest absolute Gasteiger partial charge is 0.495 e. The maximum Gasteiger partial charge on any atom is 0.233 e. The van der Waals surface area contributed by atoms with Crippen molar-refractivity contribution in [3.63, 3.8) is 0 Å². The first-order valence-electron chi connectivity index (χ1n) is 9.14. The lowest BCUT2D eigenvalue weighted by atomic mass is 10.1. The molecule has 0 bridgehead atoms. The number of ether oxygens (including phenoxy) is 2. The number of carbonyl (C=O) groups excluding carboxylic acids is 1. The zero-order valence-corrected chi connectivity index (χ0v) is 19.7. The summed E-state index contributed by atoms with van der Waals surface area (Å²) >= 11 is 7.68. The zero-order valence-electron chi connectivity index (χ0n) is 17.3. The number of fused-ring (bicyclic) bond motifs is 1. The van der Waals surface area contributed by atoms with Crippen LogP contribution in [0.3, 0.4) is 0 Å². The highest BCUT2D eigenvalue weighted by molar-refractivity contribution is 7.22. The van der Waals surface area contributed by atoms with E-state index < -0.39 is 0 Å². The highest BCUT2D eigenvalue weighted by Crippen LogP contribution is 2.40. The second-order valence-electron chi connectivity index (χ2n) is 6.76. The molecule has 0 saturated carbocycles. The smallest absolute Gasteiger partial charge is 0.233 e. The van der Waals surface area contributed by atoms with Gasteiger partial charge in [0.15, 0.2) is 5.13 Å². The lowest BCUT2D eigenvalue weighted by Crippen LogP contribution is -2.37. The van der Waals surface area contributed by atoms with Gasteiger partial charge in [-0.1, -0.05) is 41.1 Å². The van der Waals surface area contributed by atoms with E-state index in [4.69, 9.17) is 26.1 Å². The highest BCUT2D eigenvalue weighted by Gasteiger charge is 2.23. The van der Waals surface area contributed by atoms with Gasteiger partial charge in [-0.25, -0.2) is 4.98 Å². The minimum absolute atomic E-state index is 0. The molecule has 1 aromatic heterocycles. The van der Waals surface area contributed by atoms with Crippen molar-refractivity contribution in [1.29, 1.82) is 0 Å². The molecule has 0 fully saturated rings. The SMILES string of the molecule is COc1ccc(OC)c2sc(N(CCN(C)C)C(=O)Cc3ccccc3Cl)nc12.Cl. The Labute approximate surface area is 191 Å². The number of nitrogens with zero attached hydrogens (tertiary/aromatic N) is 3. The van der Waals surface area contributed by atoms with E-state index in [1.54, 1.807) is 25.2 Å². The lowest BCUT2D eigenvalue weighted by Gasteiger charge is -2.22. The first kappa shape index (κ1) is 24.2. The van der Waals surface area contributed by atoms with E-state index in [0.717, 1.165) is 10.3 Å². The van der Waals surface area contributed by atoms with Gasteiger partial charge in [-0.2, -0.15) is 0 Å². The van der Waals surface area contributed by atoms with E-state index in [1.165, 1.54) is 11.3 Å². The molecule has 0 unspecified atom stereocenters. The molecule has 6 nitrogen and oxygen atoms in total. The first-order chi connectivity index (χ1) is 13.9. The summed E-state index contributed by atoms with van der Waals surface area (Å²) in [5.74, 6) is 1.29. The van der Waals surface area contributed by atoms with Gasteiger partial charge in [0.2, 0.25) is 5.91 Å². The minimum Gasteiger partial charge on any atom is -0.495 e. The number of carbonyl (C=O) groups is 1. The second kappa shape index (κ2) is 10.8. The minimum atomic E-state index is -0.0584. The molecule has 0 atom stereocenters. The van der Waals surface area contributed by atoms with Crippen molar-refractivity contribution < 1.29 is 14.3 Å². The van der Waals surface area contributed by atoms with Crippen molar-refractivity contribution in [2.24, 2.45) is 0 Å². The standard InChI is InChI=1S/C21H24ClN3O3S.ClH/c1-24(2)11-12-25(18(26)13-14-7-5-6-8-15(14)22)21-23-19-16(27-3)9-10-17(28-4)20(19)29-21;/h5-10H,11-13H2,1-4H3;1H. The zero-order chi connectivity index (χ0) is 21.0. The molecule has 9 heteroatoms. The molecule has 0 N–H and O–H groups in total. The van der Waals surface area contributed by atoms with Gasteiger partial charge in [-0.15, -0.1) is 12.4 Å². The lowest BCUT2D eigenvalue weighted by molar-refractivity contribution is -0.118. The summed E-state index contributed by atoms with van der Waals surface area (Å²) in [7, 11) is 7.17. The van der Waals surface area contributed by atoms with Crippen LogP contribution >= 0.6 is 35.3 Å². The number of anilines is 1. The Bertz CT molecular complexity index is 969. The molecular weight excluding hydrogens is 445 g/mol. The van der Waals surface area contributed by atoms with Gasteiger partial charge in [0, 0.05) is 18.1 Å². The third-order valence-corrected chi connectivity index (χ3v) is 5.96. The maximum atomic E-state index is 13.2. The number of methoxy groups -OCH3 is 2. The molecule has 0 aliphatic carbocycles. The summed E-state index contributed by atoms with van der Waals surface area (Å²) < 4.78 is 11.8. The molecule has 0 saturated heterocycles. The predicted octanol–water partition coefficient (Wildman–Crippen LogP) is 4.53. The van der Waals surface area contributed by atoms with Gasteiger partial charge >= 0.3 is 0 Å². The Kier molecular flexibility index (Phi) is 8.73. The molecule has 30 heavy (non-hydrogen) atoms. The summed E-state index contributed by atoms with van der Waals surface area (Å²) in [6.07, 6.45) is 0.206. The molecule has 0 aliphatic heterocycles. The molecule has 1 amide bonds. The van der Waals surface area contributed by atoms with E-state index in [0.29, 0.717) is 40.3 Å². The number of likely N-dealkylation sites (N-methyl/N-ethyl adjacent to an activating group) is 1. The first-order valence-corrected chi connectivity index (χ1v) is 10.3. The third kappa shape index (κ3) is 5.35. The molecule has 0 spiro atoms. The van der Waals surface area contributed by atoms with Crippen LogP contribution in [0.25, 0.3) is 10.2 Å². The van der Waals surface area contributed by atoms with Crippen LogP contribution in [0.1, 0.15) is 5.56 Å². The number of thiazole rings is 1. The van der Waals surface area contributed by atoms with Gasteiger partial charge in [0.1, 0.15) is 21.7 Å². The number of aromatic nitrogens is 1. The Morgan fingerprint density at radius 2 is 1.73 bits per heavy atom. The van der Waals surface area contributed by atoms with Crippen molar-refractivity contribution in [2.75, 3.05) is 46.3 Å². The monoisotopic (exact) mass is 469 g/mol. The number of rotatable bonds is 8. The van der Waals surface area contributed by atoms with E-state index in [9.17, 15) is 4.79 Å².